The van der Waals surface area contributed by atoms with Crippen LogP contribution in [0.4, 0.5) is 0 Å². The predicted molar refractivity (Wildman–Crippen MR) is 432 cm³/mol. The number of para-hydroxylation sites is 1. The molecule has 4 aromatic rings. The molecule has 0 saturated carbocycles. The van der Waals surface area contributed by atoms with Gasteiger partial charge in [-0.1, -0.05) is 80.9 Å². The molecule has 0 spiro atoms. The highest BCUT2D eigenvalue weighted by molar-refractivity contribution is 7.98. The van der Waals surface area contributed by atoms with Crippen LogP contribution in [0.25, 0.3) is 10.9 Å². The molecule has 0 bridgehead atoms. The summed E-state index contributed by atoms with van der Waals surface area (Å²) >= 11 is 5.31. The Labute approximate surface area is 690 Å². The van der Waals surface area contributed by atoms with E-state index in [9.17, 15) is 87.9 Å². The molecule has 0 radical (unpaired) electrons. The summed E-state index contributed by atoms with van der Waals surface area (Å²) in [4.78, 5) is 238. The Morgan fingerprint density at radius 1 is 0.534 bits per heavy atom. The summed E-state index contributed by atoms with van der Waals surface area (Å²) in [6.07, 6.45) is 0.736. The zero-order valence-electron chi connectivity index (χ0n) is 66.0. The quantitative estimate of drug-likeness (QED) is 0.0174. The van der Waals surface area contributed by atoms with Gasteiger partial charge in [0.05, 0.1) is 19.0 Å². The fourth-order valence-corrected chi connectivity index (χ4v) is 14.2. The standard InChI is InChI=1S/C78H108N16O22S2/c1-5-42(2)65(92-74(111)60-21-14-32-93(60)76(113)54(30-34-118-4)87-67(104)49(80)35-45-22-24-47(95)25-23-45)75(112)89-55(37-46-39-81-50-18-10-9-17-48(46)50)71(108)84-51(19-11-12-31-79)69(106)90-57(36-44-15-7-6-8-16-44)77(114)94-33-13-20-59(94)73(110)88-56(38-64(101)102)72(109)86-53(27-29-63(99)100)70(107)85-52(26-28-62(97)98)68(105)82-40-61(96)83-43(3)66(103)91-58(41-117)78(115)116/h6-10,15-18,22-25,39,42-43,49,51-60,65,81,95,117H,5,11-14,19-21,26-38,40-41,79-80H2,1-4H3,(H,82,105)(H,83,96)(H,84,108)(H,85,107)(H,86,109)(H,87,104)(H,88,110)(H,89,112)(H,90,106)(H,91,103)(H,92,111)(H,97,98)(H,99,100)(H,101,102)(H,115,116)/t42-,43-,49-,51-,52-,53-,54-,55-,56-,57-,58-,59-,60-,65-/m0/s1. The molecule has 3 aromatic carbocycles. The fraction of sp³-hybridized carbons (Fsp3) is 0.526. The van der Waals surface area contributed by atoms with Gasteiger partial charge in [0.25, 0.3) is 0 Å². The molecule has 1 aromatic heterocycles. The molecule has 40 heteroatoms. The summed E-state index contributed by atoms with van der Waals surface area (Å²) in [7, 11) is 0. The Morgan fingerprint density at radius 3 is 1.62 bits per heavy atom. The number of hydrogen-bond acceptors (Lipinski definition) is 22. The molecule has 644 valence electrons. The summed E-state index contributed by atoms with van der Waals surface area (Å²) in [5.41, 5.74) is 14.7. The van der Waals surface area contributed by atoms with E-state index in [2.05, 4.69) is 76.1 Å². The van der Waals surface area contributed by atoms with Crippen molar-refractivity contribution < 1.29 is 107 Å². The molecular formula is C78H108N16O22S2. The van der Waals surface area contributed by atoms with E-state index >= 15 is 19.2 Å². The number of H-pyrrole nitrogens is 1. The van der Waals surface area contributed by atoms with E-state index in [1.165, 1.54) is 35.7 Å². The van der Waals surface area contributed by atoms with Crippen molar-refractivity contribution in [2.75, 3.05) is 43.9 Å². The molecule has 3 heterocycles. The number of carbonyl (C=O) groups excluding carboxylic acids is 13. The first-order valence-corrected chi connectivity index (χ1v) is 40.9. The Bertz CT molecular complexity index is 4200. The van der Waals surface area contributed by atoms with Crippen LogP contribution in [0.5, 0.6) is 5.75 Å². The van der Waals surface area contributed by atoms with Gasteiger partial charge in [-0.15, -0.1) is 0 Å². The number of unbranched alkanes of at least 4 members (excludes halogenated alkanes) is 1. The summed E-state index contributed by atoms with van der Waals surface area (Å²) in [6, 6.07) is 2.65. The van der Waals surface area contributed by atoms with Crippen LogP contribution in [0.2, 0.25) is 0 Å². The Balaban J connectivity index is 1.22. The first-order chi connectivity index (χ1) is 56.2. The number of rotatable bonds is 49. The maximum absolute atomic E-state index is 15.3. The van der Waals surface area contributed by atoms with Gasteiger partial charge in [0, 0.05) is 61.6 Å². The molecule has 0 aliphatic carbocycles. The SMILES string of the molecule is CC[C@H](C)[C@H](NC(=O)[C@@H]1CCCN1C(=O)[C@H](CCSC)NC(=O)[C@@H](N)Cc1ccc(O)cc1)C(=O)N[C@@H](Cc1c[nH]c2ccccc12)C(=O)N[C@@H](CCCCN)C(=O)N[C@@H](Cc1ccccc1)C(=O)N1CCC[C@H]1C(=O)N[C@@H](CC(=O)O)C(=O)N[C@@H](CCC(=O)O)C(=O)N[C@@H](CCC(=O)O)C(=O)NCC(=O)N[C@@H](C)C(=O)N[C@@H](CS)C(=O)O. The molecule has 2 aliphatic rings. The van der Waals surface area contributed by atoms with E-state index in [4.69, 9.17) is 11.5 Å². The number of benzene rings is 3. The van der Waals surface area contributed by atoms with Crippen LogP contribution in [0.15, 0.2) is 85.1 Å². The summed E-state index contributed by atoms with van der Waals surface area (Å²) < 4.78 is 0. The van der Waals surface area contributed by atoms with Crippen molar-refractivity contribution in [2.24, 2.45) is 17.4 Å². The second-order valence-corrected chi connectivity index (χ2v) is 30.4. The molecule has 38 nitrogen and oxygen atoms in total. The van der Waals surface area contributed by atoms with Crippen LogP contribution >= 0.6 is 24.4 Å². The van der Waals surface area contributed by atoms with E-state index in [1.807, 2.05) is 6.26 Å². The predicted octanol–water partition coefficient (Wildman–Crippen LogP) is -1.66. The van der Waals surface area contributed by atoms with Crippen molar-refractivity contribution in [3.63, 3.8) is 0 Å². The number of nitrogens with two attached hydrogens (primary N) is 2. The van der Waals surface area contributed by atoms with E-state index in [-0.39, 0.29) is 88.9 Å². The van der Waals surface area contributed by atoms with Gasteiger partial charge in [0.2, 0.25) is 76.8 Å². The summed E-state index contributed by atoms with van der Waals surface area (Å²) in [5, 5.41) is 76.4. The Kier molecular flexibility index (Phi) is 38.6. The van der Waals surface area contributed by atoms with Crippen molar-refractivity contribution in [1.29, 1.82) is 0 Å². The van der Waals surface area contributed by atoms with Gasteiger partial charge in [0.1, 0.15) is 78.3 Å². The average molecular weight is 1690 g/mol. The largest absolute Gasteiger partial charge is 0.508 e. The van der Waals surface area contributed by atoms with Crippen LogP contribution in [-0.4, -0.2) is 263 Å². The van der Waals surface area contributed by atoms with Gasteiger partial charge in [-0.3, -0.25) is 76.7 Å². The molecular weight excluding hydrogens is 1580 g/mol. The van der Waals surface area contributed by atoms with Gasteiger partial charge in [-0.25, -0.2) is 4.79 Å². The van der Waals surface area contributed by atoms with E-state index in [0.717, 1.165) is 4.90 Å². The van der Waals surface area contributed by atoms with Crippen molar-refractivity contribution >= 4 is 136 Å². The molecule has 0 unspecified atom stereocenters. The molecule has 13 amide bonds. The number of likely N-dealkylation sites (tertiary alicyclic amines) is 2. The number of hydrogen-bond donors (Lipinski definition) is 20. The number of carboxylic acids is 4. The number of carboxylic acid groups (broad SMARTS) is 4. The Morgan fingerprint density at radius 2 is 1.05 bits per heavy atom. The number of aliphatic carboxylic acids is 4. The van der Waals surface area contributed by atoms with Crippen LogP contribution in [0.3, 0.4) is 0 Å². The number of aromatic hydroxyl groups is 1. The highest BCUT2D eigenvalue weighted by atomic mass is 32.2. The lowest BCUT2D eigenvalue weighted by atomic mass is 9.96. The van der Waals surface area contributed by atoms with Gasteiger partial charge in [-0.05, 0) is 137 Å². The Hall–Kier alpha value is -11.4. The highest BCUT2D eigenvalue weighted by Gasteiger charge is 2.44. The lowest BCUT2D eigenvalue weighted by molar-refractivity contribution is -0.144. The van der Waals surface area contributed by atoms with E-state index in [1.54, 1.807) is 86.8 Å². The van der Waals surface area contributed by atoms with Gasteiger partial charge < -0.3 is 110 Å². The number of aromatic nitrogens is 1. The molecule has 14 atom stereocenters. The van der Waals surface area contributed by atoms with Crippen molar-refractivity contribution in [1.82, 2.24) is 73.3 Å². The smallest absolute Gasteiger partial charge is 0.327 e. The minimum absolute atomic E-state index is 0.0303. The summed E-state index contributed by atoms with van der Waals surface area (Å²) in [5.74, 6) is -18.6. The van der Waals surface area contributed by atoms with Crippen molar-refractivity contribution in [3.8, 4) is 5.75 Å². The van der Waals surface area contributed by atoms with Crippen molar-refractivity contribution in [2.45, 2.75) is 208 Å². The molecule has 2 fully saturated rings. The minimum atomic E-state index is -2.07. The van der Waals surface area contributed by atoms with Crippen LogP contribution in [-0.2, 0) is 101 Å². The van der Waals surface area contributed by atoms with E-state index in [0.29, 0.717) is 52.6 Å². The zero-order chi connectivity index (χ0) is 86.9. The third-order valence-corrected chi connectivity index (χ3v) is 21.2. The number of nitrogens with one attached hydrogen (secondary N) is 12. The van der Waals surface area contributed by atoms with Crippen molar-refractivity contribution in [3.05, 3.63) is 102 Å². The minimum Gasteiger partial charge on any atom is -0.508 e. The number of phenolic OH excluding ortho intramolecular Hbond substituents is 1. The first kappa shape index (κ1) is 95.5. The number of carbonyl (C=O) groups is 17. The fourth-order valence-electron chi connectivity index (χ4n) is 13.5. The lowest BCUT2D eigenvalue weighted by Crippen LogP contribution is -2.61. The number of nitrogens with zero attached hydrogens (tertiary/aromatic N) is 2. The van der Waals surface area contributed by atoms with Gasteiger partial charge >= 0.3 is 23.9 Å². The average Bonchev–Trinajstić information content (AvgIpc) is 1.74. The number of thioether (sulfide) groups is 1. The molecule has 21 N–H and O–H groups in total. The maximum Gasteiger partial charge on any atom is 0.327 e. The first-order valence-electron chi connectivity index (χ1n) is 38.9. The summed E-state index contributed by atoms with van der Waals surface area (Å²) in [6.45, 7) is 4.00. The number of fused-ring (bicyclic) bond motifs is 1. The monoisotopic (exact) mass is 1680 g/mol. The topological polar surface area (TPSA) is 598 Å². The normalized spacial score (nSPS) is 16.8. The lowest BCUT2D eigenvalue weighted by Gasteiger charge is -2.32. The second kappa shape index (κ2) is 47.7. The number of phenols is 1. The zero-order valence-corrected chi connectivity index (χ0v) is 67.7. The molecule has 2 aliphatic heterocycles. The van der Waals surface area contributed by atoms with Crippen LogP contribution in [0, 0.1) is 5.92 Å². The third kappa shape index (κ3) is 29.7. The van der Waals surface area contributed by atoms with Crippen LogP contribution in [0.1, 0.15) is 127 Å². The number of thiol groups is 1. The third-order valence-electron chi connectivity index (χ3n) is 20.2. The molecule has 118 heavy (non-hydrogen) atoms. The van der Waals surface area contributed by atoms with Gasteiger partial charge in [0.15, 0.2) is 0 Å². The maximum atomic E-state index is 15.3. The number of aromatic amines is 1. The van der Waals surface area contributed by atoms with E-state index < -0.39 is 224 Å². The highest BCUT2D eigenvalue weighted by Crippen LogP contribution is 2.25. The molecule has 6 rings (SSSR count). The number of amides is 13. The van der Waals surface area contributed by atoms with Gasteiger partial charge in [-0.2, -0.15) is 24.4 Å². The van der Waals surface area contributed by atoms with Crippen LogP contribution < -0.4 is 70.0 Å². The second-order valence-electron chi connectivity index (χ2n) is 29.0. The molecule has 2 saturated heterocycles.